The number of anilines is 1. The second kappa shape index (κ2) is 5.53. The third-order valence-corrected chi connectivity index (χ3v) is 2.44. The highest BCUT2D eigenvalue weighted by molar-refractivity contribution is 5.74. The molecule has 0 fully saturated rings. The maximum absolute atomic E-state index is 11.3. The van der Waals surface area contributed by atoms with E-state index in [2.05, 4.69) is 10.3 Å². The van der Waals surface area contributed by atoms with Crippen LogP contribution >= 0.6 is 0 Å². The molecule has 0 spiro atoms. The van der Waals surface area contributed by atoms with Crippen molar-refractivity contribution in [1.82, 2.24) is 4.98 Å². The summed E-state index contributed by atoms with van der Waals surface area (Å²) in [4.78, 5) is 15.6. The van der Waals surface area contributed by atoms with Crippen LogP contribution in [0.4, 0.5) is 6.01 Å². The third-order valence-electron chi connectivity index (χ3n) is 2.44. The Morgan fingerprint density at radius 2 is 2.28 bits per heavy atom. The van der Waals surface area contributed by atoms with Crippen LogP contribution in [0.2, 0.25) is 0 Å². The highest BCUT2D eigenvalue weighted by Crippen LogP contribution is 2.18. The summed E-state index contributed by atoms with van der Waals surface area (Å²) in [6.07, 6.45) is 0.284. The molecule has 0 radical (unpaired) electrons. The van der Waals surface area contributed by atoms with Crippen molar-refractivity contribution in [2.45, 2.75) is 26.3 Å². The number of nitrogens with zero attached hydrogens (tertiary/aromatic N) is 1. The first-order valence-corrected chi connectivity index (χ1v) is 5.96. The smallest absolute Gasteiger partial charge is 0.307 e. The number of oxazole rings is 1. The number of rotatable bonds is 5. The topological polar surface area (TPSA) is 64.4 Å². The van der Waals surface area contributed by atoms with Crippen LogP contribution in [0, 0.1) is 0 Å². The molecule has 5 heteroatoms. The first-order valence-electron chi connectivity index (χ1n) is 5.96. The molecule has 1 aromatic heterocycles. The van der Waals surface area contributed by atoms with Gasteiger partial charge in [0.1, 0.15) is 5.52 Å². The minimum absolute atomic E-state index is 0.0860. The fourth-order valence-corrected chi connectivity index (χ4v) is 1.67. The van der Waals surface area contributed by atoms with Crippen LogP contribution in [0.15, 0.2) is 28.7 Å². The maximum atomic E-state index is 11.3. The van der Waals surface area contributed by atoms with E-state index in [9.17, 15) is 4.79 Å². The minimum Gasteiger partial charge on any atom is -0.466 e. The molecule has 0 aliphatic carbocycles. The molecule has 2 rings (SSSR count). The van der Waals surface area contributed by atoms with Crippen molar-refractivity contribution >= 4 is 23.1 Å². The fourth-order valence-electron chi connectivity index (χ4n) is 1.67. The van der Waals surface area contributed by atoms with Crippen LogP contribution in [0.5, 0.6) is 0 Å². The lowest BCUT2D eigenvalue weighted by Crippen LogP contribution is -2.21. The van der Waals surface area contributed by atoms with E-state index in [-0.39, 0.29) is 18.4 Å². The van der Waals surface area contributed by atoms with E-state index in [1.807, 2.05) is 31.2 Å². The first kappa shape index (κ1) is 12.4. The van der Waals surface area contributed by atoms with Gasteiger partial charge in [-0.25, -0.2) is 0 Å². The van der Waals surface area contributed by atoms with Gasteiger partial charge in [0.2, 0.25) is 0 Å². The summed E-state index contributed by atoms with van der Waals surface area (Å²) in [7, 11) is 0. The summed E-state index contributed by atoms with van der Waals surface area (Å²) in [6, 6.07) is 7.85. The van der Waals surface area contributed by atoms with Crippen LogP contribution < -0.4 is 5.32 Å². The Labute approximate surface area is 105 Å². The standard InChI is InChI=1S/C13H16N2O3/c1-3-17-12(16)8-9(2)14-13-15-10-6-4-5-7-11(10)18-13/h4-7,9H,3,8H2,1-2H3,(H,14,15). The number of aromatic nitrogens is 1. The molecule has 1 unspecified atom stereocenters. The number of hydrogen-bond donors (Lipinski definition) is 1. The number of para-hydroxylation sites is 2. The quantitative estimate of drug-likeness (QED) is 0.824. The molecule has 1 atom stereocenters. The number of carbonyl (C=O) groups excluding carboxylic acids is 1. The van der Waals surface area contributed by atoms with Gasteiger partial charge in [0.25, 0.3) is 6.01 Å². The number of hydrogen-bond acceptors (Lipinski definition) is 5. The lowest BCUT2D eigenvalue weighted by Gasteiger charge is -2.10. The van der Waals surface area contributed by atoms with Crippen LogP contribution in [0.3, 0.4) is 0 Å². The summed E-state index contributed by atoms with van der Waals surface area (Å²) >= 11 is 0. The zero-order valence-corrected chi connectivity index (χ0v) is 10.5. The van der Waals surface area contributed by atoms with Gasteiger partial charge in [-0.15, -0.1) is 0 Å². The Morgan fingerprint density at radius 3 is 3.00 bits per heavy atom. The summed E-state index contributed by atoms with van der Waals surface area (Å²) in [5.74, 6) is -0.228. The number of esters is 1. The molecule has 18 heavy (non-hydrogen) atoms. The van der Waals surface area contributed by atoms with Gasteiger partial charge in [-0.05, 0) is 26.0 Å². The molecule has 0 saturated heterocycles. The van der Waals surface area contributed by atoms with Crippen LogP contribution in [0.1, 0.15) is 20.3 Å². The van der Waals surface area contributed by atoms with Crippen molar-refractivity contribution in [2.75, 3.05) is 11.9 Å². The molecule has 0 amide bonds. The lowest BCUT2D eigenvalue weighted by atomic mass is 10.2. The van der Waals surface area contributed by atoms with E-state index < -0.39 is 0 Å². The first-order chi connectivity index (χ1) is 8.69. The Kier molecular flexibility index (Phi) is 3.82. The summed E-state index contributed by atoms with van der Waals surface area (Å²) in [5.41, 5.74) is 1.52. The van der Waals surface area contributed by atoms with Gasteiger partial charge in [-0.3, -0.25) is 4.79 Å². The predicted molar refractivity (Wildman–Crippen MR) is 68.3 cm³/mol. The number of nitrogens with one attached hydrogen (secondary N) is 1. The summed E-state index contributed by atoms with van der Waals surface area (Å²) < 4.78 is 10.4. The predicted octanol–water partition coefficient (Wildman–Crippen LogP) is 2.58. The molecule has 5 nitrogen and oxygen atoms in total. The van der Waals surface area contributed by atoms with Gasteiger partial charge >= 0.3 is 5.97 Å². The van der Waals surface area contributed by atoms with Crippen LogP contribution in [-0.4, -0.2) is 23.6 Å². The summed E-state index contributed by atoms with van der Waals surface area (Å²) in [6.45, 7) is 4.07. The molecule has 0 bridgehead atoms. The SMILES string of the molecule is CCOC(=O)CC(C)Nc1nc2ccccc2o1. The summed E-state index contributed by atoms with van der Waals surface area (Å²) in [5, 5.41) is 3.04. The minimum atomic E-state index is -0.228. The van der Waals surface area contributed by atoms with Gasteiger partial charge in [0.15, 0.2) is 5.58 Å². The van der Waals surface area contributed by atoms with E-state index in [0.717, 1.165) is 11.1 Å². The normalized spacial score (nSPS) is 12.3. The molecule has 1 heterocycles. The molecule has 0 aliphatic heterocycles. The van der Waals surface area contributed by atoms with Gasteiger partial charge in [-0.1, -0.05) is 12.1 Å². The average Bonchev–Trinajstić information content (AvgIpc) is 2.70. The number of benzene rings is 1. The lowest BCUT2D eigenvalue weighted by molar-refractivity contribution is -0.143. The zero-order chi connectivity index (χ0) is 13.0. The second-order valence-corrected chi connectivity index (χ2v) is 4.04. The zero-order valence-electron chi connectivity index (χ0n) is 10.5. The molecule has 2 aromatic rings. The van der Waals surface area contributed by atoms with Gasteiger partial charge in [0.05, 0.1) is 13.0 Å². The third kappa shape index (κ3) is 3.00. The van der Waals surface area contributed by atoms with Crippen molar-refractivity contribution in [3.05, 3.63) is 24.3 Å². The van der Waals surface area contributed by atoms with Crippen LogP contribution in [0.25, 0.3) is 11.1 Å². The monoisotopic (exact) mass is 248 g/mol. The van der Waals surface area contributed by atoms with E-state index >= 15 is 0 Å². The number of fused-ring (bicyclic) bond motifs is 1. The number of carbonyl (C=O) groups is 1. The van der Waals surface area contributed by atoms with E-state index in [1.54, 1.807) is 6.92 Å². The highest BCUT2D eigenvalue weighted by atomic mass is 16.5. The Bertz CT molecular complexity index is 503. The van der Waals surface area contributed by atoms with Gasteiger partial charge < -0.3 is 14.5 Å². The average molecular weight is 248 g/mol. The van der Waals surface area contributed by atoms with Crippen molar-refractivity contribution in [3.63, 3.8) is 0 Å². The van der Waals surface area contributed by atoms with Crippen molar-refractivity contribution in [2.24, 2.45) is 0 Å². The second-order valence-electron chi connectivity index (χ2n) is 4.04. The molecular formula is C13H16N2O3. The van der Waals surface area contributed by atoms with Crippen LogP contribution in [-0.2, 0) is 9.53 Å². The van der Waals surface area contributed by atoms with Crippen molar-refractivity contribution in [1.29, 1.82) is 0 Å². The van der Waals surface area contributed by atoms with E-state index in [1.165, 1.54) is 0 Å². The Morgan fingerprint density at radius 1 is 1.50 bits per heavy atom. The number of ether oxygens (including phenoxy) is 1. The largest absolute Gasteiger partial charge is 0.466 e. The highest BCUT2D eigenvalue weighted by Gasteiger charge is 2.12. The van der Waals surface area contributed by atoms with E-state index in [4.69, 9.17) is 9.15 Å². The molecule has 0 saturated carbocycles. The van der Waals surface area contributed by atoms with Crippen molar-refractivity contribution < 1.29 is 13.9 Å². The van der Waals surface area contributed by atoms with E-state index in [0.29, 0.717) is 12.6 Å². The molecule has 1 N–H and O–H groups in total. The van der Waals surface area contributed by atoms with Gasteiger partial charge in [-0.2, -0.15) is 4.98 Å². The molecule has 96 valence electrons. The molecular weight excluding hydrogens is 232 g/mol. The fraction of sp³-hybridized carbons (Fsp3) is 0.385. The molecule has 0 aliphatic rings. The Hall–Kier alpha value is -2.04. The molecule has 1 aromatic carbocycles. The maximum Gasteiger partial charge on any atom is 0.307 e. The Balaban J connectivity index is 1.98. The van der Waals surface area contributed by atoms with Crippen molar-refractivity contribution in [3.8, 4) is 0 Å². The van der Waals surface area contributed by atoms with Gasteiger partial charge in [0, 0.05) is 6.04 Å².